The number of nitrogens with zero attached hydrogens (tertiary/aromatic N) is 2. The van der Waals surface area contributed by atoms with Gasteiger partial charge in [0.1, 0.15) is 11.4 Å². The number of aromatic amines is 1. The van der Waals surface area contributed by atoms with Crippen molar-refractivity contribution in [1.82, 2.24) is 14.8 Å². The van der Waals surface area contributed by atoms with Crippen LogP contribution in [0.1, 0.15) is 46.3 Å². The molecule has 0 amide bonds. The second-order valence-electron chi connectivity index (χ2n) is 9.48. The van der Waals surface area contributed by atoms with Crippen LogP contribution in [0.5, 0.6) is 5.75 Å². The highest BCUT2D eigenvalue weighted by atomic mass is 16.5. The van der Waals surface area contributed by atoms with Crippen molar-refractivity contribution in [2.24, 2.45) is 7.05 Å². The van der Waals surface area contributed by atoms with Crippen molar-refractivity contribution in [3.05, 3.63) is 82.8 Å². The number of rotatable bonds is 8. The molecule has 0 unspecified atom stereocenters. The van der Waals surface area contributed by atoms with Gasteiger partial charge in [-0.15, -0.1) is 0 Å². The van der Waals surface area contributed by atoms with E-state index in [2.05, 4.69) is 54.3 Å². The largest absolute Gasteiger partial charge is 0.493 e. The molecular formula is C31H33N3O3. The lowest BCUT2D eigenvalue weighted by Gasteiger charge is -2.11. The van der Waals surface area contributed by atoms with Crippen molar-refractivity contribution >= 4 is 27.6 Å². The molecule has 0 fully saturated rings. The van der Waals surface area contributed by atoms with Gasteiger partial charge in [-0.25, -0.2) is 4.79 Å². The van der Waals surface area contributed by atoms with Gasteiger partial charge in [0.15, 0.2) is 0 Å². The number of esters is 1. The van der Waals surface area contributed by atoms with E-state index in [1.165, 1.54) is 0 Å². The van der Waals surface area contributed by atoms with Gasteiger partial charge < -0.3 is 14.5 Å². The van der Waals surface area contributed by atoms with E-state index in [0.29, 0.717) is 25.3 Å². The average molecular weight is 496 g/mol. The van der Waals surface area contributed by atoms with Gasteiger partial charge in [-0.3, -0.25) is 4.68 Å². The number of benzene rings is 3. The summed E-state index contributed by atoms with van der Waals surface area (Å²) >= 11 is 0. The maximum atomic E-state index is 13.0. The number of fused-ring (bicyclic) bond motifs is 2. The maximum absolute atomic E-state index is 13.0. The second kappa shape index (κ2) is 10.1. The normalized spacial score (nSPS) is 11.4. The Hall–Kier alpha value is -4.06. The molecule has 0 aliphatic carbocycles. The molecule has 2 aromatic heterocycles. The predicted octanol–water partition coefficient (Wildman–Crippen LogP) is 6.84. The van der Waals surface area contributed by atoms with Crippen molar-refractivity contribution in [3.8, 4) is 16.9 Å². The van der Waals surface area contributed by atoms with Crippen LogP contribution in [0.3, 0.4) is 0 Å². The standard InChI is InChI=1S/C31H33N3O3/c1-6-36-31(35)30-24(14-10-18-37-26-15-9-12-22-11-7-8-13-23(22)26)25-17-16-19(2)27(29(25)32-30)28-20(3)33-34(5)21(28)4/h7-9,11-13,15-17,32H,6,10,14,18H2,1-5H3. The Kier molecular flexibility index (Phi) is 6.74. The lowest BCUT2D eigenvalue weighted by molar-refractivity contribution is 0.0519. The summed E-state index contributed by atoms with van der Waals surface area (Å²) in [5.74, 6) is 0.551. The van der Waals surface area contributed by atoms with Crippen LogP contribution in [-0.4, -0.2) is 33.9 Å². The zero-order chi connectivity index (χ0) is 26.1. The first-order valence-corrected chi connectivity index (χ1v) is 12.8. The molecule has 0 bridgehead atoms. The van der Waals surface area contributed by atoms with Crippen LogP contribution < -0.4 is 4.74 Å². The molecule has 0 radical (unpaired) electrons. The summed E-state index contributed by atoms with van der Waals surface area (Å²) in [5, 5.41) is 7.93. The van der Waals surface area contributed by atoms with E-state index >= 15 is 0 Å². The molecule has 3 aromatic carbocycles. The SMILES string of the molecule is CCOC(=O)c1[nH]c2c(-c3c(C)nn(C)c3C)c(C)ccc2c1CCCOc1cccc2ccccc12. The van der Waals surface area contributed by atoms with Gasteiger partial charge in [0, 0.05) is 34.6 Å². The lowest BCUT2D eigenvalue weighted by atomic mass is 9.94. The average Bonchev–Trinajstić information content (AvgIpc) is 3.38. The van der Waals surface area contributed by atoms with Crippen molar-refractivity contribution in [3.63, 3.8) is 0 Å². The van der Waals surface area contributed by atoms with Crippen LogP contribution in [0, 0.1) is 20.8 Å². The molecule has 0 aliphatic rings. The Balaban J connectivity index is 1.49. The van der Waals surface area contributed by atoms with Crippen LogP contribution in [0.25, 0.3) is 32.8 Å². The lowest BCUT2D eigenvalue weighted by Crippen LogP contribution is -2.09. The Morgan fingerprint density at radius 2 is 1.76 bits per heavy atom. The quantitative estimate of drug-likeness (QED) is 0.189. The van der Waals surface area contributed by atoms with Gasteiger partial charge in [-0.05, 0) is 63.1 Å². The van der Waals surface area contributed by atoms with Crippen molar-refractivity contribution in [1.29, 1.82) is 0 Å². The van der Waals surface area contributed by atoms with Gasteiger partial charge in [-0.1, -0.05) is 48.5 Å². The summed E-state index contributed by atoms with van der Waals surface area (Å²) in [6.07, 6.45) is 1.45. The molecule has 2 heterocycles. The van der Waals surface area contributed by atoms with Crippen LogP contribution >= 0.6 is 0 Å². The minimum Gasteiger partial charge on any atom is -0.493 e. The third-order valence-corrected chi connectivity index (χ3v) is 7.11. The third kappa shape index (κ3) is 4.48. The van der Waals surface area contributed by atoms with Crippen LogP contribution in [0.15, 0.2) is 54.6 Å². The van der Waals surface area contributed by atoms with Crippen molar-refractivity contribution < 1.29 is 14.3 Å². The molecule has 0 saturated heterocycles. The molecule has 5 aromatic rings. The molecule has 6 heteroatoms. The number of carbonyl (C=O) groups is 1. The van der Waals surface area contributed by atoms with Crippen LogP contribution in [0.2, 0.25) is 0 Å². The van der Waals surface area contributed by atoms with Gasteiger partial charge >= 0.3 is 5.97 Å². The summed E-state index contributed by atoms with van der Waals surface area (Å²) in [7, 11) is 1.96. The highest BCUT2D eigenvalue weighted by molar-refractivity contribution is 6.04. The van der Waals surface area contributed by atoms with E-state index in [9.17, 15) is 4.79 Å². The highest BCUT2D eigenvalue weighted by Gasteiger charge is 2.24. The number of aromatic nitrogens is 3. The molecule has 190 valence electrons. The van der Waals surface area contributed by atoms with Gasteiger partial charge in [0.25, 0.3) is 0 Å². The summed E-state index contributed by atoms with van der Waals surface area (Å²) in [4.78, 5) is 16.5. The smallest absolute Gasteiger partial charge is 0.355 e. The molecule has 0 saturated carbocycles. The molecule has 0 atom stereocenters. The fourth-order valence-electron chi connectivity index (χ4n) is 5.27. The number of H-pyrrole nitrogens is 1. The molecule has 0 spiro atoms. The van der Waals surface area contributed by atoms with Gasteiger partial charge in [-0.2, -0.15) is 5.10 Å². The van der Waals surface area contributed by atoms with Crippen molar-refractivity contribution in [2.75, 3.05) is 13.2 Å². The number of carbonyl (C=O) groups excluding carboxylic acids is 1. The fourth-order valence-corrected chi connectivity index (χ4v) is 5.27. The monoisotopic (exact) mass is 495 g/mol. The van der Waals surface area contributed by atoms with E-state index in [0.717, 1.165) is 67.5 Å². The van der Waals surface area contributed by atoms with Crippen LogP contribution in [0.4, 0.5) is 0 Å². The zero-order valence-corrected chi connectivity index (χ0v) is 22.1. The van der Waals surface area contributed by atoms with Gasteiger partial charge in [0.2, 0.25) is 0 Å². The Labute approximate surface area is 217 Å². The van der Waals surface area contributed by atoms with E-state index in [-0.39, 0.29) is 5.97 Å². The number of ether oxygens (including phenoxy) is 2. The first-order chi connectivity index (χ1) is 17.9. The van der Waals surface area contributed by atoms with E-state index < -0.39 is 0 Å². The Bertz CT molecular complexity index is 1600. The fraction of sp³-hybridized carbons (Fsp3) is 0.290. The topological polar surface area (TPSA) is 69.1 Å². The van der Waals surface area contributed by atoms with E-state index in [1.54, 1.807) is 0 Å². The highest BCUT2D eigenvalue weighted by Crippen LogP contribution is 2.38. The van der Waals surface area contributed by atoms with E-state index in [1.807, 2.05) is 49.8 Å². The minimum atomic E-state index is -0.327. The molecule has 1 N–H and O–H groups in total. The summed E-state index contributed by atoms with van der Waals surface area (Å²) in [6, 6.07) is 18.6. The Morgan fingerprint density at radius 1 is 0.973 bits per heavy atom. The molecule has 5 rings (SSSR count). The number of hydrogen-bond acceptors (Lipinski definition) is 4. The predicted molar refractivity (Wildman–Crippen MR) is 148 cm³/mol. The molecule has 0 aliphatic heterocycles. The summed E-state index contributed by atoms with van der Waals surface area (Å²) < 4.78 is 13.5. The first kappa shape index (κ1) is 24.6. The maximum Gasteiger partial charge on any atom is 0.355 e. The molecule has 37 heavy (non-hydrogen) atoms. The minimum absolute atomic E-state index is 0.324. The zero-order valence-electron chi connectivity index (χ0n) is 22.1. The first-order valence-electron chi connectivity index (χ1n) is 12.8. The van der Waals surface area contributed by atoms with E-state index in [4.69, 9.17) is 9.47 Å². The number of nitrogens with one attached hydrogen (secondary N) is 1. The number of hydrogen-bond donors (Lipinski definition) is 1. The molecule has 6 nitrogen and oxygen atoms in total. The molecular weight excluding hydrogens is 462 g/mol. The summed E-state index contributed by atoms with van der Waals surface area (Å²) in [5.41, 5.74) is 7.82. The third-order valence-electron chi connectivity index (χ3n) is 7.11. The number of aryl methyl sites for hydroxylation is 4. The Morgan fingerprint density at radius 3 is 2.51 bits per heavy atom. The van der Waals surface area contributed by atoms with Crippen LogP contribution in [-0.2, 0) is 18.2 Å². The van der Waals surface area contributed by atoms with Gasteiger partial charge in [0.05, 0.1) is 24.4 Å². The summed E-state index contributed by atoms with van der Waals surface area (Å²) in [6.45, 7) is 8.90. The van der Waals surface area contributed by atoms with Crippen molar-refractivity contribution in [2.45, 2.75) is 40.5 Å². The second-order valence-corrected chi connectivity index (χ2v) is 9.48.